The van der Waals surface area contributed by atoms with Crippen molar-refractivity contribution in [1.29, 1.82) is 0 Å². The Balaban J connectivity index is 1.27. The van der Waals surface area contributed by atoms with Crippen LogP contribution < -0.4 is 0 Å². The Bertz CT molecular complexity index is 3410. The summed E-state index contributed by atoms with van der Waals surface area (Å²) >= 11 is 0. The van der Waals surface area contributed by atoms with Crippen molar-refractivity contribution in [3.05, 3.63) is 182 Å². The lowest BCUT2D eigenvalue weighted by Crippen LogP contribution is -1.91. The van der Waals surface area contributed by atoms with Gasteiger partial charge in [-0.2, -0.15) is 0 Å². The lowest BCUT2D eigenvalue weighted by atomic mass is 9.84. The molecule has 1 aromatic heterocycles. The highest BCUT2D eigenvalue weighted by molar-refractivity contribution is 6.25. The third kappa shape index (κ3) is 4.40. The molecule has 0 saturated heterocycles. The summed E-state index contributed by atoms with van der Waals surface area (Å²) in [6.45, 7) is 0. The van der Waals surface area contributed by atoms with E-state index in [9.17, 15) is 5.48 Å². The molecule has 0 bridgehead atoms. The van der Waals surface area contributed by atoms with Crippen LogP contribution in [0.1, 0.15) is 15.1 Å². The van der Waals surface area contributed by atoms with E-state index in [4.69, 9.17) is 14.0 Å². The molecular weight excluding hydrogens is 593 g/mol. The second kappa shape index (κ2) is 11.1. The van der Waals surface area contributed by atoms with Gasteiger partial charge in [0, 0.05) is 10.8 Å². The van der Waals surface area contributed by atoms with Crippen LogP contribution in [0.15, 0.2) is 186 Å². The van der Waals surface area contributed by atoms with Crippen LogP contribution in [0.5, 0.6) is 0 Å². The molecule has 0 spiro atoms. The summed E-state index contributed by atoms with van der Waals surface area (Å²) in [7, 11) is 0. The van der Waals surface area contributed by atoms with Gasteiger partial charge in [0.25, 0.3) is 0 Å². The van der Waals surface area contributed by atoms with Gasteiger partial charge in [0.1, 0.15) is 11.2 Å². The van der Waals surface area contributed by atoms with Crippen LogP contribution >= 0.6 is 0 Å². The van der Waals surface area contributed by atoms with Crippen LogP contribution in [0.4, 0.5) is 0 Å². The van der Waals surface area contributed by atoms with Crippen LogP contribution in [-0.4, -0.2) is 0 Å². The molecule has 9 aromatic carbocycles. The Hall–Kier alpha value is -6.44. The van der Waals surface area contributed by atoms with Crippen molar-refractivity contribution in [2.24, 2.45) is 0 Å². The van der Waals surface area contributed by atoms with E-state index in [1.165, 1.54) is 0 Å². The molecule has 10 rings (SSSR count). The molecule has 1 heteroatoms. The zero-order valence-electron chi connectivity index (χ0n) is 36.9. The second-order valence-electron chi connectivity index (χ2n) is 11.9. The molecule has 0 aliphatic heterocycles. The summed E-state index contributed by atoms with van der Waals surface area (Å²) in [4.78, 5) is 0. The largest absolute Gasteiger partial charge is 0.456 e. The Labute approximate surface area is 299 Å². The van der Waals surface area contributed by atoms with Gasteiger partial charge in [-0.15, -0.1) is 0 Å². The van der Waals surface area contributed by atoms with E-state index in [0.29, 0.717) is 21.9 Å². The molecule has 0 aliphatic rings. The van der Waals surface area contributed by atoms with Crippen LogP contribution in [-0.2, 0) is 0 Å². The molecule has 0 saturated carbocycles. The molecule has 49 heavy (non-hydrogen) atoms. The smallest absolute Gasteiger partial charge is 0.136 e. The van der Waals surface area contributed by atoms with Crippen molar-refractivity contribution in [3.63, 3.8) is 0 Å². The minimum absolute atomic E-state index is 0.00839. The zero-order chi connectivity index (χ0) is 41.9. The van der Waals surface area contributed by atoms with E-state index in [0.717, 1.165) is 49.4 Å². The Morgan fingerprint density at radius 2 is 1.02 bits per heavy atom. The molecule has 0 atom stereocenters. The topological polar surface area (TPSA) is 13.1 Å². The first kappa shape index (κ1) is 18.8. The molecule has 1 heterocycles. The van der Waals surface area contributed by atoms with Crippen molar-refractivity contribution >= 4 is 54.3 Å². The van der Waals surface area contributed by atoms with Gasteiger partial charge in [0.05, 0.1) is 15.1 Å². The summed E-state index contributed by atoms with van der Waals surface area (Å²) in [5.74, 6) is 0. The molecule has 228 valence electrons. The fourth-order valence-electron chi connectivity index (χ4n) is 7.09. The third-order valence-electron chi connectivity index (χ3n) is 9.24. The summed E-state index contributed by atoms with van der Waals surface area (Å²) in [6.07, 6.45) is 0. The molecule has 0 N–H and O–H groups in total. The van der Waals surface area contributed by atoms with Gasteiger partial charge in [-0.3, -0.25) is 0 Å². The van der Waals surface area contributed by atoms with Crippen molar-refractivity contribution in [3.8, 4) is 44.5 Å². The molecule has 0 unspecified atom stereocenters. The molecule has 0 aliphatic carbocycles. The van der Waals surface area contributed by atoms with Gasteiger partial charge in [0.2, 0.25) is 0 Å². The fraction of sp³-hybridized carbons (Fsp3) is 0. The lowest BCUT2D eigenvalue weighted by molar-refractivity contribution is 0.669. The molecule has 0 radical (unpaired) electrons. The minimum atomic E-state index is -0.659. The van der Waals surface area contributed by atoms with Gasteiger partial charge in [-0.25, -0.2) is 0 Å². The van der Waals surface area contributed by atoms with Crippen molar-refractivity contribution < 1.29 is 19.5 Å². The average Bonchev–Trinajstić information content (AvgIpc) is 3.65. The van der Waals surface area contributed by atoms with Gasteiger partial charge in [0.15, 0.2) is 0 Å². The van der Waals surface area contributed by atoms with E-state index in [1.54, 1.807) is 0 Å². The second-order valence-corrected chi connectivity index (χ2v) is 11.9. The quantitative estimate of drug-likeness (QED) is 0.176. The first-order valence-corrected chi connectivity index (χ1v) is 16.0. The number of hydrogen-bond acceptors (Lipinski definition) is 1. The predicted molar refractivity (Wildman–Crippen MR) is 208 cm³/mol. The van der Waals surface area contributed by atoms with Crippen LogP contribution in [0, 0.1) is 0 Å². The number of fused-ring (bicyclic) bond motifs is 6. The molecule has 0 fully saturated rings. The predicted octanol–water partition coefficient (Wildman–Crippen LogP) is 13.7. The highest BCUT2D eigenvalue weighted by Gasteiger charge is 2.20. The first-order chi connectivity index (χ1) is 28.9. The van der Waals surface area contributed by atoms with Crippen LogP contribution in [0.3, 0.4) is 0 Å². The number of benzene rings is 9. The van der Waals surface area contributed by atoms with Crippen LogP contribution in [0.25, 0.3) is 98.8 Å². The highest BCUT2D eigenvalue weighted by atomic mass is 16.3. The number of hydrogen-bond donors (Lipinski definition) is 0. The summed E-state index contributed by atoms with van der Waals surface area (Å²) in [6, 6.07) is 31.3. The van der Waals surface area contributed by atoms with Crippen LogP contribution in [0.2, 0.25) is 0 Å². The number of rotatable bonds is 4. The minimum Gasteiger partial charge on any atom is -0.456 e. The first-order valence-electron chi connectivity index (χ1n) is 21.5. The van der Waals surface area contributed by atoms with Gasteiger partial charge < -0.3 is 4.42 Å². The SMILES string of the molecule is [2H]c1c([2H])c(-c2c([2H])c([2H])c([2H])c3c([2H])c([2H])c([2H])c([2H])c23)c([2H])c([2H])c1-c1c2ccccc2c(-c2cccc3oc4cc(-c5ccccc5)ccc4c23)c2ccccc12. The molecular formula is C48H30O. The molecule has 10 aromatic rings. The van der Waals surface area contributed by atoms with Crippen molar-refractivity contribution in [2.45, 2.75) is 0 Å². The Kier molecular flexibility index (Phi) is 4.25. The van der Waals surface area contributed by atoms with Gasteiger partial charge in [-0.1, -0.05) is 164 Å². The Morgan fingerprint density at radius 1 is 0.367 bits per heavy atom. The maximum atomic E-state index is 9.53. The lowest BCUT2D eigenvalue weighted by Gasteiger charge is -2.18. The zero-order valence-corrected chi connectivity index (χ0v) is 25.9. The third-order valence-corrected chi connectivity index (χ3v) is 9.24. The van der Waals surface area contributed by atoms with Gasteiger partial charge >= 0.3 is 0 Å². The van der Waals surface area contributed by atoms with Crippen molar-refractivity contribution in [2.75, 3.05) is 0 Å². The average molecular weight is 634 g/mol. The summed E-state index contributed by atoms with van der Waals surface area (Å²) < 4.78 is 104. The number of furan rings is 1. The standard InChI is InChI=1S/C48H30O/c1-2-12-31(13-3-1)35-28-29-42-45(30-35)49-44-23-11-22-43(48(42)44)47-40-19-8-6-17-38(40)46(39-18-7-9-20-41(39)47)34-26-24-33(25-27-34)37-21-10-15-32-14-4-5-16-36(32)37/h1-30H/i4D,5D,10D,14D,15D,16D,21D,24D,25D,26D,27D. The summed E-state index contributed by atoms with van der Waals surface area (Å²) in [5.41, 5.74) is 5.08. The van der Waals surface area contributed by atoms with Gasteiger partial charge in [-0.05, 0) is 95.0 Å². The van der Waals surface area contributed by atoms with E-state index >= 15 is 0 Å². The van der Waals surface area contributed by atoms with E-state index in [-0.39, 0.29) is 27.5 Å². The fourth-order valence-corrected chi connectivity index (χ4v) is 7.09. The van der Waals surface area contributed by atoms with Crippen molar-refractivity contribution in [1.82, 2.24) is 0 Å². The maximum Gasteiger partial charge on any atom is 0.136 e. The summed E-state index contributed by atoms with van der Waals surface area (Å²) in [5, 5.41) is 4.17. The maximum absolute atomic E-state index is 9.53. The monoisotopic (exact) mass is 633 g/mol. The Morgan fingerprint density at radius 3 is 1.78 bits per heavy atom. The molecule has 0 amide bonds. The van der Waals surface area contributed by atoms with E-state index in [2.05, 4.69) is 30.3 Å². The highest BCUT2D eigenvalue weighted by Crippen LogP contribution is 2.47. The van der Waals surface area contributed by atoms with E-state index < -0.39 is 66.5 Å². The van der Waals surface area contributed by atoms with E-state index in [1.807, 2.05) is 84.9 Å². The molecule has 1 nitrogen and oxygen atoms in total. The normalized spacial score (nSPS) is 14.8.